The molecule has 4 nitrogen and oxygen atoms in total. The van der Waals surface area contributed by atoms with E-state index in [1.54, 1.807) is 0 Å². The van der Waals surface area contributed by atoms with Gasteiger partial charge in [0.1, 0.15) is 5.15 Å². The molecule has 0 fully saturated rings. The van der Waals surface area contributed by atoms with Gasteiger partial charge in [0.2, 0.25) is 5.88 Å². The molecule has 5 heteroatoms. The molecule has 2 aliphatic rings. The maximum Gasteiger partial charge on any atom is 0.299 e. The molecule has 0 aliphatic heterocycles. The summed E-state index contributed by atoms with van der Waals surface area (Å²) in [5, 5.41) is 0.630. The Hall–Kier alpha value is -1.94. The van der Waals surface area contributed by atoms with Gasteiger partial charge in [-0.1, -0.05) is 11.6 Å². The van der Waals surface area contributed by atoms with E-state index >= 15 is 0 Å². The molecule has 2 aromatic heterocycles. The zero-order valence-corrected chi connectivity index (χ0v) is 14.4. The lowest BCUT2D eigenvalue weighted by molar-refractivity contribution is -0.120. The summed E-state index contributed by atoms with van der Waals surface area (Å²) in [7, 11) is 0. The van der Waals surface area contributed by atoms with Crippen LogP contribution in [0, 0.1) is 0 Å². The second-order valence-electron chi connectivity index (χ2n) is 6.20. The van der Waals surface area contributed by atoms with Gasteiger partial charge in [0.25, 0.3) is 6.47 Å². The van der Waals surface area contributed by atoms with E-state index in [0.717, 1.165) is 12.8 Å². The van der Waals surface area contributed by atoms with Crippen LogP contribution in [0.5, 0.6) is 5.88 Å². The van der Waals surface area contributed by atoms with Crippen molar-refractivity contribution in [3.63, 3.8) is 0 Å². The molecule has 2 aliphatic carbocycles. The van der Waals surface area contributed by atoms with Gasteiger partial charge >= 0.3 is 0 Å². The Morgan fingerprint density at radius 3 is 2.00 bits per heavy atom. The fourth-order valence-electron chi connectivity index (χ4n) is 3.29. The second-order valence-corrected chi connectivity index (χ2v) is 6.58. The van der Waals surface area contributed by atoms with E-state index < -0.39 is 0 Å². The van der Waals surface area contributed by atoms with Crippen molar-refractivity contribution >= 4 is 18.1 Å². The van der Waals surface area contributed by atoms with Crippen molar-refractivity contribution < 1.29 is 9.53 Å². The fourth-order valence-corrected chi connectivity index (χ4v) is 3.47. The van der Waals surface area contributed by atoms with Crippen LogP contribution in [0.4, 0.5) is 0 Å². The van der Waals surface area contributed by atoms with Crippen molar-refractivity contribution in [2.75, 3.05) is 0 Å². The Balaban J connectivity index is 0.000000143. The van der Waals surface area contributed by atoms with E-state index in [9.17, 15) is 4.79 Å². The van der Waals surface area contributed by atoms with E-state index in [1.165, 1.54) is 60.8 Å². The number of aromatic nitrogens is 2. The summed E-state index contributed by atoms with van der Waals surface area (Å²) in [5.41, 5.74) is 5.36. The van der Waals surface area contributed by atoms with E-state index in [2.05, 4.69) is 14.7 Å². The SMILES string of the molecule is Clc1cc2c(cn1)CCCC2.O=COc1cc2c(cn1)CCCC2. The number of carbonyl (C=O) groups excluding carboxylic acids is 1. The number of nitrogens with zero attached hydrogens (tertiary/aromatic N) is 2. The molecule has 0 aromatic carbocycles. The van der Waals surface area contributed by atoms with Gasteiger partial charge in [0.05, 0.1) is 0 Å². The molecule has 0 bridgehead atoms. The molecular formula is C19H21ClN2O2. The molecule has 4 rings (SSSR count). The fraction of sp³-hybridized carbons (Fsp3) is 0.421. The molecule has 2 heterocycles. The summed E-state index contributed by atoms with van der Waals surface area (Å²) < 4.78 is 4.68. The summed E-state index contributed by atoms with van der Waals surface area (Å²) in [5.74, 6) is 0.413. The van der Waals surface area contributed by atoms with Gasteiger partial charge in [0.15, 0.2) is 0 Å². The van der Waals surface area contributed by atoms with Crippen molar-refractivity contribution in [2.24, 2.45) is 0 Å². The summed E-state index contributed by atoms with van der Waals surface area (Å²) in [6.07, 6.45) is 13.3. The van der Waals surface area contributed by atoms with E-state index in [0.29, 0.717) is 17.5 Å². The van der Waals surface area contributed by atoms with Crippen LogP contribution in [0.25, 0.3) is 0 Å². The first-order valence-electron chi connectivity index (χ1n) is 8.47. The first-order chi connectivity index (χ1) is 11.8. The van der Waals surface area contributed by atoms with Crippen molar-refractivity contribution in [1.82, 2.24) is 9.97 Å². The van der Waals surface area contributed by atoms with Gasteiger partial charge in [-0.2, -0.15) is 0 Å². The van der Waals surface area contributed by atoms with Gasteiger partial charge < -0.3 is 4.74 Å². The average molecular weight is 345 g/mol. The van der Waals surface area contributed by atoms with Crippen LogP contribution >= 0.6 is 11.6 Å². The number of carbonyl (C=O) groups is 1. The van der Waals surface area contributed by atoms with Gasteiger partial charge in [-0.05, 0) is 79.7 Å². The second kappa shape index (κ2) is 8.25. The minimum absolute atomic E-state index is 0.413. The Kier molecular flexibility index (Phi) is 5.81. The Bertz CT molecular complexity index is 719. The summed E-state index contributed by atoms with van der Waals surface area (Å²) >= 11 is 5.77. The summed E-state index contributed by atoms with van der Waals surface area (Å²) in [6, 6.07) is 3.86. The van der Waals surface area contributed by atoms with Crippen molar-refractivity contribution in [2.45, 2.75) is 51.4 Å². The van der Waals surface area contributed by atoms with Crippen molar-refractivity contribution in [3.05, 3.63) is 51.9 Å². The third-order valence-electron chi connectivity index (χ3n) is 4.56. The minimum Gasteiger partial charge on any atom is -0.410 e. The van der Waals surface area contributed by atoms with Gasteiger partial charge in [-0.15, -0.1) is 0 Å². The van der Waals surface area contributed by atoms with Crippen molar-refractivity contribution in [1.29, 1.82) is 0 Å². The van der Waals surface area contributed by atoms with Crippen LogP contribution in [0.15, 0.2) is 24.5 Å². The third kappa shape index (κ3) is 4.32. The molecule has 0 atom stereocenters. The number of fused-ring (bicyclic) bond motifs is 2. The number of hydrogen-bond acceptors (Lipinski definition) is 4. The molecule has 0 amide bonds. The number of hydrogen-bond donors (Lipinski definition) is 0. The zero-order valence-electron chi connectivity index (χ0n) is 13.6. The first kappa shape index (κ1) is 16.9. The van der Waals surface area contributed by atoms with E-state index in [1.807, 2.05) is 24.5 Å². The van der Waals surface area contributed by atoms with Gasteiger partial charge in [-0.25, -0.2) is 9.97 Å². The van der Waals surface area contributed by atoms with Crippen LogP contribution in [0.1, 0.15) is 47.9 Å². The largest absolute Gasteiger partial charge is 0.410 e. The maximum atomic E-state index is 10.1. The smallest absolute Gasteiger partial charge is 0.299 e. The molecule has 24 heavy (non-hydrogen) atoms. The van der Waals surface area contributed by atoms with Crippen LogP contribution < -0.4 is 4.74 Å². The first-order valence-corrected chi connectivity index (χ1v) is 8.85. The number of halogens is 1. The summed E-state index contributed by atoms with van der Waals surface area (Å²) in [6.45, 7) is 0.414. The lowest BCUT2D eigenvalue weighted by atomic mass is 9.94. The zero-order chi connectivity index (χ0) is 16.8. The molecular weight excluding hydrogens is 324 g/mol. The predicted octanol–water partition coefficient (Wildman–Crippen LogP) is 4.11. The lowest BCUT2D eigenvalue weighted by Crippen LogP contribution is -2.04. The number of pyridine rings is 2. The highest BCUT2D eigenvalue weighted by Gasteiger charge is 2.10. The highest BCUT2D eigenvalue weighted by molar-refractivity contribution is 6.29. The maximum absolute atomic E-state index is 10.1. The van der Waals surface area contributed by atoms with Crippen LogP contribution in [0.2, 0.25) is 5.15 Å². The normalized spacial score (nSPS) is 15.4. The summed E-state index contributed by atoms with van der Waals surface area (Å²) in [4.78, 5) is 18.2. The standard InChI is InChI=1S/C10H11NO2.C9H10ClN/c12-7-13-10-5-8-3-1-2-4-9(8)6-11-10;10-9-5-7-3-1-2-4-8(7)6-11-9/h5-7H,1-4H2;5-6H,1-4H2. The average Bonchev–Trinajstić information content (AvgIpc) is 2.62. The Morgan fingerprint density at radius 1 is 0.833 bits per heavy atom. The quantitative estimate of drug-likeness (QED) is 0.607. The minimum atomic E-state index is 0.413. The molecule has 0 spiro atoms. The van der Waals surface area contributed by atoms with Crippen LogP contribution in [-0.4, -0.2) is 16.4 Å². The van der Waals surface area contributed by atoms with Gasteiger partial charge in [0, 0.05) is 18.5 Å². The van der Waals surface area contributed by atoms with E-state index in [-0.39, 0.29) is 0 Å². The highest BCUT2D eigenvalue weighted by Crippen LogP contribution is 2.23. The molecule has 0 unspecified atom stereocenters. The molecule has 126 valence electrons. The van der Waals surface area contributed by atoms with Crippen molar-refractivity contribution in [3.8, 4) is 5.88 Å². The number of aryl methyl sites for hydroxylation is 4. The van der Waals surface area contributed by atoms with Gasteiger partial charge in [-0.3, -0.25) is 4.79 Å². The molecule has 0 saturated heterocycles. The molecule has 2 aromatic rings. The number of rotatable bonds is 2. The topological polar surface area (TPSA) is 52.1 Å². The highest BCUT2D eigenvalue weighted by atomic mass is 35.5. The monoisotopic (exact) mass is 344 g/mol. The lowest BCUT2D eigenvalue weighted by Gasteiger charge is -2.14. The molecule has 0 saturated carbocycles. The third-order valence-corrected chi connectivity index (χ3v) is 4.77. The predicted molar refractivity (Wildman–Crippen MR) is 93.5 cm³/mol. The molecule has 0 N–H and O–H groups in total. The van der Waals surface area contributed by atoms with Crippen LogP contribution in [-0.2, 0) is 30.5 Å². The van der Waals surface area contributed by atoms with E-state index in [4.69, 9.17) is 11.6 Å². The Morgan fingerprint density at radius 2 is 1.38 bits per heavy atom. The number of ether oxygens (including phenoxy) is 1. The van der Waals surface area contributed by atoms with Crippen LogP contribution in [0.3, 0.4) is 0 Å². The Labute approximate surface area is 147 Å². The molecule has 0 radical (unpaired) electrons.